The number of ether oxygens (including phenoxy) is 1. The van der Waals surface area contributed by atoms with E-state index in [4.69, 9.17) is 9.16 Å². The van der Waals surface area contributed by atoms with Crippen molar-refractivity contribution in [2.75, 3.05) is 6.61 Å². The Kier molecular flexibility index (Phi) is 5.79. The number of rotatable bonds is 4. The van der Waals surface area contributed by atoms with Gasteiger partial charge in [0, 0.05) is 12.6 Å². The summed E-state index contributed by atoms with van der Waals surface area (Å²) in [5.41, 5.74) is 1.02. The van der Waals surface area contributed by atoms with E-state index in [2.05, 4.69) is 39.9 Å². The van der Waals surface area contributed by atoms with E-state index < -0.39 is 13.9 Å². The van der Waals surface area contributed by atoms with Crippen LogP contribution in [0.4, 0.5) is 4.79 Å². The molecule has 0 radical (unpaired) electrons. The van der Waals surface area contributed by atoms with Crippen molar-refractivity contribution in [1.82, 2.24) is 4.90 Å². The molecule has 2 atom stereocenters. The fourth-order valence-corrected chi connectivity index (χ4v) is 4.40. The molecule has 0 aromatic carbocycles. The number of hydrogen-bond donors (Lipinski definition) is 0. The molecular weight excluding hydrogens is 330 g/mol. The van der Waals surface area contributed by atoms with Crippen LogP contribution in [0.3, 0.4) is 0 Å². The molecule has 0 aromatic rings. The monoisotopic (exact) mass is 367 g/mol. The van der Waals surface area contributed by atoms with Crippen molar-refractivity contribution in [3.63, 3.8) is 0 Å². The summed E-state index contributed by atoms with van der Waals surface area (Å²) in [4.78, 5) is 14.5. The van der Waals surface area contributed by atoms with Gasteiger partial charge in [0.1, 0.15) is 5.60 Å². The second-order valence-electron chi connectivity index (χ2n) is 10.1. The van der Waals surface area contributed by atoms with E-state index in [0.29, 0.717) is 6.04 Å². The molecule has 2 unspecified atom stereocenters. The predicted octanol–water partition coefficient (Wildman–Crippen LogP) is 5.50. The summed E-state index contributed by atoms with van der Waals surface area (Å²) in [5.74, 6) is 0. The van der Waals surface area contributed by atoms with E-state index in [1.165, 1.54) is 5.57 Å². The molecule has 0 saturated carbocycles. The standard InChI is InChI=1S/C20H37NO3Si/c1-19(2,3)24-18(22)21-16-9-10-17(21)14-15(13-16)11-12-23-25(7,8)20(4,5)6/h13,16-17H,9-12,14H2,1-8H3. The summed E-state index contributed by atoms with van der Waals surface area (Å²) >= 11 is 0. The maximum atomic E-state index is 12.5. The van der Waals surface area contributed by atoms with E-state index in [1.807, 2.05) is 25.7 Å². The van der Waals surface area contributed by atoms with Crippen molar-refractivity contribution < 1.29 is 14.0 Å². The summed E-state index contributed by atoms with van der Waals surface area (Å²) in [5, 5.41) is 0.250. The smallest absolute Gasteiger partial charge is 0.411 e. The zero-order chi connectivity index (χ0) is 19.0. The van der Waals surface area contributed by atoms with Gasteiger partial charge in [0.15, 0.2) is 8.32 Å². The number of fused-ring (bicyclic) bond motifs is 2. The molecule has 5 heteroatoms. The average molecular weight is 368 g/mol. The molecule has 4 nitrogen and oxygen atoms in total. The maximum Gasteiger partial charge on any atom is 0.411 e. The molecule has 0 N–H and O–H groups in total. The highest BCUT2D eigenvalue weighted by molar-refractivity contribution is 6.74. The van der Waals surface area contributed by atoms with Crippen LogP contribution in [-0.2, 0) is 9.16 Å². The van der Waals surface area contributed by atoms with Crippen LogP contribution in [0.15, 0.2) is 11.6 Å². The first-order valence-electron chi connectivity index (χ1n) is 9.65. The third-order valence-electron chi connectivity index (χ3n) is 5.77. The zero-order valence-electron chi connectivity index (χ0n) is 17.4. The van der Waals surface area contributed by atoms with Gasteiger partial charge in [-0.3, -0.25) is 4.90 Å². The molecule has 1 fully saturated rings. The number of carbonyl (C=O) groups is 1. The first-order valence-corrected chi connectivity index (χ1v) is 12.6. The minimum absolute atomic E-state index is 0.159. The van der Waals surface area contributed by atoms with Crippen LogP contribution < -0.4 is 0 Å². The Morgan fingerprint density at radius 3 is 2.36 bits per heavy atom. The summed E-state index contributed by atoms with van der Waals surface area (Å²) in [6, 6.07) is 0.504. The summed E-state index contributed by atoms with van der Waals surface area (Å²) in [6.07, 6.45) is 6.22. The fourth-order valence-electron chi connectivity index (χ4n) is 3.36. The highest BCUT2D eigenvalue weighted by Gasteiger charge is 2.41. The Morgan fingerprint density at radius 1 is 1.20 bits per heavy atom. The molecule has 25 heavy (non-hydrogen) atoms. The van der Waals surface area contributed by atoms with E-state index in [-0.39, 0.29) is 17.2 Å². The van der Waals surface area contributed by atoms with Crippen molar-refractivity contribution in [1.29, 1.82) is 0 Å². The van der Waals surface area contributed by atoms with Crippen molar-refractivity contribution in [2.45, 2.75) is 103 Å². The first-order chi connectivity index (χ1) is 11.3. The lowest BCUT2D eigenvalue weighted by molar-refractivity contribution is 0.0165. The topological polar surface area (TPSA) is 38.8 Å². The molecule has 2 aliphatic rings. The average Bonchev–Trinajstić information content (AvgIpc) is 2.67. The SMILES string of the molecule is CC(C)(C)OC(=O)N1C2C=C(CCO[Si](C)(C)C(C)(C)C)CC1CC2. The fraction of sp³-hybridized carbons (Fsp3) is 0.850. The lowest BCUT2D eigenvalue weighted by Crippen LogP contribution is -2.46. The summed E-state index contributed by atoms with van der Waals surface area (Å²) < 4.78 is 11.9. The third kappa shape index (κ3) is 5.10. The van der Waals surface area contributed by atoms with Crippen LogP contribution in [0.5, 0.6) is 0 Å². The highest BCUT2D eigenvalue weighted by atomic mass is 28.4. The number of nitrogens with zero attached hydrogens (tertiary/aromatic N) is 1. The Hall–Kier alpha value is -0.813. The Balaban J connectivity index is 1.92. The van der Waals surface area contributed by atoms with Gasteiger partial charge in [0.2, 0.25) is 0 Å². The molecule has 1 saturated heterocycles. The molecule has 0 aliphatic carbocycles. The van der Waals surface area contributed by atoms with Gasteiger partial charge in [-0.05, 0) is 64.6 Å². The highest BCUT2D eigenvalue weighted by Crippen LogP contribution is 2.39. The molecule has 1 amide bonds. The van der Waals surface area contributed by atoms with Crippen LogP contribution in [0.25, 0.3) is 0 Å². The summed E-state index contributed by atoms with van der Waals surface area (Å²) in [7, 11) is -1.68. The maximum absolute atomic E-state index is 12.5. The Labute approximate surface area is 155 Å². The number of amides is 1. The molecule has 144 valence electrons. The van der Waals surface area contributed by atoms with Crippen LogP contribution in [0.2, 0.25) is 18.1 Å². The molecule has 2 rings (SSSR count). The van der Waals surface area contributed by atoms with Crippen molar-refractivity contribution in [2.24, 2.45) is 0 Å². The van der Waals surface area contributed by atoms with Gasteiger partial charge in [-0.25, -0.2) is 4.79 Å². The van der Waals surface area contributed by atoms with E-state index in [1.54, 1.807) is 0 Å². The van der Waals surface area contributed by atoms with E-state index in [0.717, 1.165) is 32.3 Å². The molecule has 2 bridgehead atoms. The lowest BCUT2D eigenvalue weighted by atomic mass is 9.99. The van der Waals surface area contributed by atoms with E-state index in [9.17, 15) is 4.79 Å². The van der Waals surface area contributed by atoms with Gasteiger partial charge in [-0.1, -0.05) is 32.4 Å². The van der Waals surface area contributed by atoms with Crippen LogP contribution in [-0.4, -0.2) is 43.6 Å². The lowest BCUT2D eigenvalue weighted by Gasteiger charge is -2.37. The minimum atomic E-state index is -1.68. The molecule has 0 aromatic heterocycles. The van der Waals surface area contributed by atoms with Gasteiger partial charge >= 0.3 is 6.09 Å². The van der Waals surface area contributed by atoms with Crippen LogP contribution in [0, 0.1) is 0 Å². The number of carbonyl (C=O) groups excluding carboxylic acids is 1. The second kappa shape index (κ2) is 7.07. The second-order valence-corrected chi connectivity index (χ2v) is 14.9. The van der Waals surface area contributed by atoms with Gasteiger partial charge in [0.05, 0.1) is 6.04 Å². The van der Waals surface area contributed by atoms with Crippen molar-refractivity contribution in [3.05, 3.63) is 11.6 Å². The molecule has 2 aliphatic heterocycles. The van der Waals surface area contributed by atoms with Crippen molar-refractivity contribution >= 4 is 14.4 Å². The largest absolute Gasteiger partial charge is 0.444 e. The number of hydrogen-bond acceptors (Lipinski definition) is 3. The third-order valence-corrected chi connectivity index (χ3v) is 10.3. The quantitative estimate of drug-likeness (QED) is 0.487. The van der Waals surface area contributed by atoms with Crippen LogP contribution >= 0.6 is 0 Å². The first kappa shape index (κ1) is 20.5. The molecule has 0 spiro atoms. The Bertz CT molecular complexity index is 528. The normalized spacial score (nSPS) is 24.3. The van der Waals surface area contributed by atoms with Gasteiger partial charge < -0.3 is 9.16 Å². The van der Waals surface area contributed by atoms with Gasteiger partial charge in [0.25, 0.3) is 0 Å². The van der Waals surface area contributed by atoms with Crippen LogP contribution in [0.1, 0.15) is 67.2 Å². The van der Waals surface area contributed by atoms with Gasteiger partial charge in [-0.15, -0.1) is 0 Å². The van der Waals surface area contributed by atoms with Crippen molar-refractivity contribution in [3.8, 4) is 0 Å². The Morgan fingerprint density at radius 2 is 1.84 bits per heavy atom. The minimum Gasteiger partial charge on any atom is -0.444 e. The molecular formula is C20H37NO3Si. The predicted molar refractivity (Wildman–Crippen MR) is 105 cm³/mol. The van der Waals surface area contributed by atoms with E-state index >= 15 is 0 Å². The zero-order valence-corrected chi connectivity index (χ0v) is 18.4. The molecule has 2 heterocycles. The summed E-state index contributed by atoms with van der Waals surface area (Å²) in [6.45, 7) is 18.0. The van der Waals surface area contributed by atoms with Gasteiger partial charge in [-0.2, -0.15) is 0 Å².